The molecule has 3 aromatic rings. The number of thiazole rings is 1. The number of ether oxygens (including phenoxy) is 1. The number of nitrogens with zero attached hydrogens (tertiary/aromatic N) is 2. The van der Waals surface area contributed by atoms with Crippen molar-refractivity contribution >= 4 is 34.3 Å². The third-order valence-electron chi connectivity index (χ3n) is 4.97. The first-order valence-electron chi connectivity index (χ1n) is 9.70. The second-order valence-electron chi connectivity index (χ2n) is 7.63. The van der Waals surface area contributed by atoms with Gasteiger partial charge in [-0.2, -0.15) is 0 Å². The molecule has 0 unspecified atom stereocenters. The maximum Gasteiger partial charge on any atom is 0.328 e. The highest BCUT2D eigenvalue weighted by Gasteiger charge is 2.26. The van der Waals surface area contributed by atoms with Crippen LogP contribution < -0.4 is 10.2 Å². The summed E-state index contributed by atoms with van der Waals surface area (Å²) in [6, 6.07) is 2.92. The minimum atomic E-state index is -1.15. The molecule has 4 rings (SSSR count). The summed E-state index contributed by atoms with van der Waals surface area (Å²) in [6.07, 6.45) is 5.70. The number of carbonyl (C=O) groups is 1. The van der Waals surface area contributed by atoms with E-state index in [9.17, 15) is 14.0 Å². The van der Waals surface area contributed by atoms with Gasteiger partial charge in [-0.1, -0.05) is 13.8 Å². The predicted octanol–water partition coefficient (Wildman–Crippen LogP) is 4.73. The van der Waals surface area contributed by atoms with E-state index in [1.54, 1.807) is 12.3 Å². The Morgan fingerprint density at radius 2 is 2.20 bits per heavy atom. The van der Waals surface area contributed by atoms with Crippen LogP contribution in [-0.4, -0.2) is 20.6 Å². The summed E-state index contributed by atoms with van der Waals surface area (Å²) >= 11 is 1.47. The first kappa shape index (κ1) is 20.3. The Balaban J connectivity index is 1.71. The number of pyridine rings is 1. The van der Waals surface area contributed by atoms with Crippen molar-refractivity contribution in [1.82, 2.24) is 9.55 Å². The molecule has 1 fully saturated rings. The second kappa shape index (κ2) is 8.02. The smallest absolute Gasteiger partial charge is 0.328 e. The SMILES string of the molecule is CC(C)c1csc(COc2cc3c(cc2F)c(=O)c(/C=C/C(=O)O)cn3C2CC2)n1. The number of hydrogen-bond acceptors (Lipinski definition) is 5. The molecule has 156 valence electrons. The van der Waals surface area contributed by atoms with E-state index in [-0.39, 0.29) is 29.3 Å². The van der Waals surface area contributed by atoms with Crippen LogP contribution in [0.1, 0.15) is 54.9 Å². The Bertz CT molecular complexity index is 1210. The fourth-order valence-corrected chi connectivity index (χ4v) is 4.08. The Hall–Kier alpha value is -3.00. The summed E-state index contributed by atoms with van der Waals surface area (Å²) in [5, 5.41) is 11.8. The third-order valence-corrected chi connectivity index (χ3v) is 5.81. The minimum absolute atomic E-state index is 0.0615. The zero-order valence-electron chi connectivity index (χ0n) is 16.6. The van der Waals surface area contributed by atoms with Crippen LogP contribution in [0.4, 0.5) is 4.39 Å². The molecule has 8 heteroatoms. The van der Waals surface area contributed by atoms with Gasteiger partial charge in [-0.25, -0.2) is 14.2 Å². The number of halogens is 1. The number of benzene rings is 1. The zero-order chi connectivity index (χ0) is 21.4. The average Bonchev–Trinajstić information content (AvgIpc) is 3.43. The zero-order valence-corrected chi connectivity index (χ0v) is 17.4. The molecular weight excluding hydrogens is 407 g/mol. The molecule has 0 atom stereocenters. The number of rotatable bonds is 7. The van der Waals surface area contributed by atoms with Crippen molar-refractivity contribution in [2.24, 2.45) is 0 Å². The first-order chi connectivity index (χ1) is 14.3. The Labute approximate surface area is 176 Å². The normalized spacial score (nSPS) is 14.1. The lowest BCUT2D eigenvalue weighted by Gasteiger charge is -2.14. The number of aromatic nitrogens is 2. The van der Waals surface area contributed by atoms with E-state index >= 15 is 0 Å². The Kier molecular flexibility index (Phi) is 5.42. The molecule has 0 bridgehead atoms. The van der Waals surface area contributed by atoms with Gasteiger partial charge in [0.05, 0.1) is 11.2 Å². The lowest BCUT2D eigenvalue weighted by molar-refractivity contribution is -0.131. The fourth-order valence-electron chi connectivity index (χ4n) is 3.21. The number of hydrogen-bond donors (Lipinski definition) is 1. The number of aliphatic carboxylic acids is 1. The first-order valence-corrected chi connectivity index (χ1v) is 10.6. The van der Waals surface area contributed by atoms with Crippen molar-refractivity contribution in [1.29, 1.82) is 0 Å². The summed E-state index contributed by atoms with van der Waals surface area (Å²) in [5.74, 6) is -1.41. The van der Waals surface area contributed by atoms with Crippen molar-refractivity contribution < 1.29 is 19.0 Å². The minimum Gasteiger partial charge on any atom is -0.483 e. The second-order valence-corrected chi connectivity index (χ2v) is 8.58. The molecule has 6 nitrogen and oxygen atoms in total. The van der Waals surface area contributed by atoms with Crippen LogP contribution in [0.2, 0.25) is 0 Å². The van der Waals surface area contributed by atoms with Crippen LogP contribution in [0.3, 0.4) is 0 Å². The quantitative estimate of drug-likeness (QED) is 0.550. The monoisotopic (exact) mass is 428 g/mol. The van der Waals surface area contributed by atoms with E-state index in [1.165, 1.54) is 23.5 Å². The summed E-state index contributed by atoms with van der Waals surface area (Å²) in [5.41, 5.74) is 1.36. The Morgan fingerprint density at radius 1 is 1.43 bits per heavy atom. The van der Waals surface area contributed by atoms with Gasteiger partial charge >= 0.3 is 5.97 Å². The highest BCUT2D eigenvalue weighted by molar-refractivity contribution is 7.09. The van der Waals surface area contributed by atoms with Crippen LogP contribution in [-0.2, 0) is 11.4 Å². The van der Waals surface area contributed by atoms with E-state index in [1.807, 2.05) is 9.95 Å². The number of carboxylic acid groups (broad SMARTS) is 1. The highest BCUT2D eigenvalue weighted by atomic mass is 32.1. The van der Waals surface area contributed by atoms with Gasteiger partial charge in [0.15, 0.2) is 17.0 Å². The third kappa shape index (κ3) is 4.14. The molecule has 2 heterocycles. The summed E-state index contributed by atoms with van der Waals surface area (Å²) < 4.78 is 22.3. The average molecular weight is 428 g/mol. The van der Waals surface area contributed by atoms with Gasteiger partial charge in [0.1, 0.15) is 11.6 Å². The molecule has 1 aliphatic rings. The standard InChI is InChI=1S/C22H21FN2O4S/c1-12(2)17-11-30-20(24-17)10-29-19-8-18-15(7-16(19)23)22(28)13(3-6-21(26)27)9-25(18)14-4-5-14/h3,6-9,11-12,14H,4-5,10H2,1-2H3,(H,26,27)/b6-3+. The van der Waals surface area contributed by atoms with E-state index in [2.05, 4.69) is 18.8 Å². The molecule has 0 spiro atoms. The lowest BCUT2D eigenvalue weighted by Crippen LogP contribution is -2.13. The van der Waals surface area contributed by atoms with Crippen molar-refractivity contribution in [2.75, 3.05) is 0 Å². The molecule has 1 N–H and O–H groups in total. The van der Waals surface area contributed by atoms with Gasteiger partial charge < -0.3 is 14.4 Å². The lowest BCUT2D eigenvalue weighted by atomic mass is 10.1. The summed E-state index contributed by atoms with van der Waals surface area (Å²) in [4.78, 5) is 28.1. The van der Waals surface area contributed by atoms with Crippen LogP contribution in [0.15, 0.2) is 34.6 Å². The van der Waals surface area contributed by atoms with Gasteiger partial charge in [0, 0.05) is 40.7 Å². The van der Waals surface area contributed by atoms with Crippen molar-refractivity contribution in [3.8, 4) is 5.75 Å². The molecule has 1 saturated carbocycles. The van der Waals surface area contributed by atoms with E-state index in [4.69, 9.17) is 9.84 Å². The van der Waals surface area contributed by atoms with Crippen LogP contribution in [0.5, 0.6) is 5.75 Å². The van der Waals surface area contributed by atoms with Gasteiger partial charge in [-0.05, 0) is 30.9 Å². The summed E-state index contributed by atoms with van der Waals surface area (Å²) in [6.45, 7) is 4.26. The number of carboxylic acids is 1. The van der Waals surface area contributed by atoms with Gasteiger partial charge in [0.25, 0.3) is 0 Å². The van der Waals surface area contributed by atoms with E-state index < -0.39 is 17.2 Å². The van der Waals surface area contributed by atoms with E-state index in [0.717, 1.165) is 29.6 Å². The van der Waals surface area contributed by atoms with Crippen molar-refractivity contribution in [2.45, 2.75) is 45.3 Å². The van der Waals surface area contributed by atoms with Gasteiger partial charge in [0.2, 0.25) is 0 Å². The van der Waals surface area contributed by atoms with Gasteiger partial charge in [-0.3, -0.25) is 4.79 Å². The van der Waals surface area contributed by atoms with Crippen molar-refractivity contribution in [3.63, 3.8) is 0 Å². The molecule has 30 heavy (non-hydrogen) atoms. The molecule has 0 aliphatic heterocycles. The molecule has 0 saturated heterocycles. The fraction of sp³-hybridized carbons (Fsp3) is 0.318. The molecule has 1 aliphatic carbocycles. The molecule has 1 aromatic carbocycles. The predicted molar refractivity (Wildman–Crippen MR) is 114 cm³/mol. The topological polar surface area (TPSA) is 81.4 Å². The molecule has 2 aromatic heterocycles. The van der Waals surface area contributed by atoms with Crippen LogP contribution >= 0.6 is 11.3 Å². The number of fused-ring (bicyclic) bond motifs is 1. The molecule has 0 radical (unpaired) electrons. The van der Waals surface area contributed by atoms with Crippen LogP contribution in [0, 0.1) is 5.82 Å². The maximum absolute atomic E-state index is 14.7. The van der Waals surface area contributed by atoms with Gasteiger partial charge in [-0.15, -0.1) is 11.3 Å². The van der Waals surface area contributed by atoms with Crippen LogP contribution in [0.25, 0.3) is 17.0 Å². The largest absolute Gasteiger partial charge is 0.483 e. The molecular formula is C22H21FN2O4S. The van der Waals surface area contributed by atoms with Crippen molar-refractivity contribution in [3.05, 3.63) is 62.1 Å². The molecule has 0 amide bonds. The summed E-state index contributed by atoms with van der Waals surface area (Å²) in [7, 11) is 0. The maximum atomic E-state index is 14.7. The van der Waals surface area contributed by atoms with E-state index in [0.29, 0.717) is 11.4 Å². The highest BCUT2D eigenvalue weighted by Crippen LogP contribution is 2.38. The Morgan fingerprint density at radius 3 is 2.83 bits per heavy atom.